The van der Waals surface area contributed by atoms with Gasteiger partial charge in [0.1, 0.15) is 0 Å². The number of piperidine rings is 1. The summed E-state index contributed by atoms with van der Waals surface area (Å²) in [5, 5.41) is 0. The van der Waals surface area contributed by atoms with E-state index in [-0.39, 0.29) is 6.04 Å². The summed E-state index contributed by atoms with van der Waals surface area (Å²) in [7, 11) is 0. The van der Waals surface area contributed by atoms with Gasteiger partial charge in [0.05, 0.1) is 0 Å². The number of carbonyl (C=O) groups excluding carboxylic acids is 1. The van der Waals surface area contributed by atoms with Crippen LogP contribution in [-0.2, 0) is 4.79 Å². The molecule has 3 heteroatoms. The van der Waals surface area contributed by atoms with Gasteiger partial charge in [-0.1, -0.05) is 20.8 Å². The van der Waals surface area contributed by atoms with Crippen molar-refractivity contribution in [2.45, 2.75) is 39.7 Å². The van der Waals surface area contributed by atoms with E-state index in [4.69, 9.17) is 5.73 Å². The Hall–Kier alpha value is -0.570. The molecule has 3 nitrogen and oxygen atoms in total. The van der Waals surface area contributed by atoms with Crippen molar-refractivity contribution in [3.63, 3.8) is 0 Å². The Morgan fingerprint density at radius 3 is 2.71 bits per heavy atom. The summed E-state index contributed by atoms with van der Waals surface area (Å²) < 4.78 is 0. The van der Waals surface area contributed by atoms with E-state index >= 15 is 0 Å². The fourth-order valence-electron chi connectivity index (χ4n) is 1.87. The zero-order valence-corrected chi connectivity index (χ0v) is 9.49. The van der Waals surface area contributed by atoms with Crippen molar-refractivity contribution in [1.82, 2.24) is 4.90 Å². The van der Waals surface area contributed by atoms with Crippen LogP contribution in [0.25, 0.3) is 0 Å². The lowest BCUT2D eigenvalue weighted by molar-refractivity contribution is -0.133. The van der Waals surface area contributed by atoms with Crippen molar-refractivity contribution in [3.05, 3.63) is 0 Å². The molecule has 14 heavy (non-hydrogen) atoms. The molecule has 1 rings (SSSR count). The molecule has 1 saturated heterocycles. The van der Waals surface area contributed by atoms with Gasteiger partial charge >= 0.3 is 0 Å². The van der Waals surface area contributed by atoms with Crippen molar-refractivity contribution < 1.29 is 4.79 Å². The summed E-state index contributed by atoms with van der Waals surface area (Å²) in [6, 6.07) is 0.276. The van der Waals surface area contributed by atoms with Crippen LogP contribution in [0.4, 0.5) is 0 Å². The second kappa shape index (κ2) is 4.78. The lowest BCUT2D eigenvalue weighted by Crippen LogP contribution is -2.48. The fraction of sp³-hybridized carbons (Fsp3) is 0.909. The SMILES string of the molecule is CC(C)CC(=O)N1CCC(N)C(C)C1. The van der Waals surface area contributed by atoms with Crippen LogP contribution in [0.1, 0.15) is 33.6 Å². The molecule has 82 valence electrons. The third-order valence-electron chi connectivity index (χ3n) is 2.91. The molecule has 0 radical (unpaired) electrons. The van der Waals surface area contributed by atoms with Gasteiger partial charge in [-0.2, -0.15) is 0 Å². The van der Waals surface area contributed by atoms with Gasteiger partial charge in [-0.05, 0) is 18.3 Å². The lowest BCUT2D eigenvalue weighted by atomic mass is 9.94. The van der Waals surface area contributed by atoms with Crippen LogP contribution in [0.2, 0.25) is 0 Å². The topological polar surface area (TPSA) is 46.3 Å². The highest BCUT2D eigenvalue weighted by molar-refractivity contribution is 5.76. The quantitative estimate of drug-likeness (QED) is 0.725. The van der Waals surface area contributed by atoms with Gasteiger partial charge in [-0.25, -0.2) is 0 Å². The highest BCUT2D eigenvalue weighted by atomic mass is 16.2. The van der Waals surface area contributed by atoms with Crippen molar-refractivity contribution in [2.75, 3.05) is 13.1 Å². The third kappa shape index (κ3) is 2.98. The Labute approximate surface area is 86.6 Å². The highest BCUT2D eigenvalue weighted by Gasteiger charge is 2.26. The standard InChI is InChI=1S/C11H22N2O/c1-8(2)6-11(14)13-5-4-10(12)9(3)7-13/h8-10H,4-7,12H2,1-3H3. The van der Waals surface area contributed by atoms with Gasteiger partial charge in [0.25, 0.3) is 0 Å². The molecule has 0 aromatic heterocycles. The third-order valence-corrected chi connectivity index (χ3v) is 2.91. The van der Waals surface area contributed by atoms with Crippen LogP contribution in [0.5, 0.6) is 0 Å². The van der Waals surface area contributed by atoms with E-state index in [0.717, 1.165) is 19.5 Å². The molecule has 1 fully saturated rings. The van der Waals surface area contributed by atoms with Gasteiger partial charge in [0.2, 0.25) is 5.91 Å². The Morgan fingerprint density at radius 1 is 1.57 bits per heavy atom. The normalized spacial score (nSPS) is 28.2. The molecular weight excluding hydrogens is 176 g/mol. The van der Waals surface area contributed by atoms with Crippen LogP contribution in [0.15, 0.2) is 0 Å². The number of nitrogens with two attached hydrogens (primary N) is 1. The van der Waals surface area contributed by atoms with Crippen molar-refractivity contribution in [2.24, 2.45) is 17.6 Å². The van der Waals surface area contributed by atoms with Crippen molar-refractivity contribution in [3.8, 4) is 0 Å². The average Bonchev–Trinajstić information content (AvgIpc) is 2.08. The molecule has 0 spiro atoms. The predicted molar refractivity (Wildman–Crippen MR) is 57.8 cm³/mol. The number of likely N-dealkylation sites (tertiary alicyclic amines) is 1. The van der Waals surface area contributed by atoms with Gasteiger partial charge < -0.3 is 10.6 Å². The van der Waals surface area contributed by atoms with E-state index < -0.39 is 0 Å². The summed E-state index contributed by atoms with van der Waals surface area (Å²) >= 11 is 0. The lowest BCUT2D eigenvalue weighted by Gasteiger charge is -2.35. The molecule has 0 aromatic rings. The number of rotatable bonds is 2. The molecule has 1 amide bonds. The summed E-state index contributed by atoms with van der Waals surface area (Å²) in [6.07, 6.45) is 1.62. The second-order valence-electron chi connectivity index (χ2n) is 4.87. The minimum Gasteiger partial charge on any atom is -0.342 e. The summed E-state index contributed by atoms with van der Waals surface area (Å²) in [6.45, 7) is 7.97. The average molecular weight is 198 g/mol. The van der Waals surface area contributed by atoms with Crippen LogP contribution < -0.4 is 5.73 Å². The Kier molecular flexibility index (Phi) is 3.93. The van der Waals surface area contributed by atoms with Gasteiger partial charge in [-0.15, -0.1) is 0 Å². The maximum absolute atomic E-state index is 11.7. The van der Waals surface area contributed by atoms with Crippen LogP contribution >= 0.6 is 0 Å². The first kappa shape index (κ1) is 11.5. The maximum atomic E-state index is 11.7. The molecule has 0 bridgehead atoms. The minimum absolute atomic E-state index is 0.276. The zero-order chi connectivity index (χ0) is 10.7. The minimum atomic E-state index is 0.276. The smallest absolute Gasteiger partial charge is 0.222 e. The summed E-state index contributed by atoms with van der Waals surface area (Å²) in [5.41, 5.74) is 5.90. The molecular formula is C11H22N2O. The Morgan fingerprint density at radius 2 is 2.21 bits per heavy atom. The Bertz CT molecular complexity index is 203. The second-order valence-corrected chi connectivity index (χ2v) is 4.87. The largest absolute Gasteiger partial charge is 0.342 e. The first-order valence-corrected chi connectivity index (χ1v) is 5.54. The molecule has 0 aliphatic carbocycles. The molecule has 1 aliphatic rings. The van der Waals surface area contributed by atoms with E-state index in [2.05, 4.69) is 20.8 Å². The number of hydrogen-bond donors (Lipinski definition) is 1. The van der Waals surface area contributed by atoms with Crippen LogP contribution in [-0.4, -0.2) is 29.9 Å². The van der Waals surface area contributed by atoms with E-state index in [9.17, 15) is 4.79 Å². The first-order chi connectivity index (χ1) is 6.50. The number of carbonyl (C=O) groups is 1. The Balaban J connectivity index is 2.42. The number of nitrogens with zero attached hydrogens (tertiary/aromatic N) is 1. The zero-order valence-electron chi connectivity index (χ0n) is 9.49. The fourth-order valence-corrected chi connectivity index (χ4v) is 1.87. The maximum Gasteiger partial charge on any atom is 0.222 e. The summed E-state index contributed by atoms with van der Waals surface area (Å²) in [5.74, 6) is 1.19. The molecule has 0 saturated carbocycles. The predicted octanol–water partition coefficient (Wildman–Crippen LogP) is 1.23. The number of amides is 1. The monoisotopic (exact) mass is 198 g/mol. The summed E-state index contributed by atoms with van der Waals surface area (Å²) in [4.78, 5) is 13.7. The van der Waals surface area contributed by atoms with Crippen molar-refractivity contribution in [1.29, 1.82) is 0 Å². The highest BCUT2D eigenvalue weighted by Crippen LogP contribution is 2.16. The van der Waals surface area contributed by atoms with Crippen LogP contribution in [0.3, 0.4) is 0 Å². The van der Waals surface area contributed by atoms with Gasteiger partial charge in [-0.3, -0.25) is 4.79 Å². The van der Waals surface area contributed by atoms with Gasteiger partial charge in [0, 0.05) is 25.6 Å². The molecule has 1 aliphatic heterocycles. The number of hydrogen-bond acceptors (Lipinski definition) is 2. The molecule has 2 unspecified atom stereocenters. The molecule has 1 heterocycles. The van der Waals surface area contributed by atoms with E-state index in [1.807, 2.05) is 4.90 Å². The first-order valence-electron chi connectivity index (χ1n) is 5.54. The van der Waals surface area contributed by atoms with Crippen molar-refractivity contribution >= 4 is 5.91 Å². The molecule has 0 aromatic carbocycles. The van der Waals surface area contributed by atoms with E-state index in [1.165, 1.54) is 0 Å². The van der Waals surface area contributed by atoms with Crippen LogP contribution in [0, 0.1) is 11.8 Å². The van der Waals surface area contributed by atoms with Gasteiger partial charge in [0.15, 0.2) is 0 Å². The van der Waals surface area contributed by atoms with E-state index in [1.54, 1.807) is 0 Å². The van der Waals surface area contributed by atoms with E-state index in [0.29, 0.717) is 24.2 Å². The molecule has 2 atom stereocenters. The molecule has 2 N–H and O–H groups in total.